The quantitative estimate of drug-likeness (QED) is 0.934. The monoisotopic (exact) mass is 302 g/mol. The topological polar surface area (TPSA) is 55.6 Å². The van der Waals surface area contributed by atoms with Crippen molar-refractivity contribution >= 4 is 5.91 Å². The Balaban J connectivity index is 1.65. The molecule has 0 aromatic heterocycles. The van der Waals surface area contributed by atoms with Gasteiger partial charge in [0.25, 0.3) is 0 Å². The van der Waals surface area contributed by atoms with Crippen LogP contribution in [0.5, 0.6) is 5.75 Å². The van der Waals surface area contributed by atoms with Crippen LogP contribution in [0.3, 0.4) is 0 Å². The molecule has 120 valence electrons. The number of rotatable bonds is 3. The second kappa shape index (κ2) is 6.29. The van der Waals surface area contributed by atoms with Crippen molar-refractivity contribution in [3.8, 4) is 5.75 Å². The van der Waals surface area contributed by atoms with Crippen LogP contribution in [0.1, 0.15) is 50.0 Å². The van der Waals surface area contributed by atoms with E-state index in [1.807, 2.05) is 17.0 Å². The number of carbonyl (C=O) groups is 1. The number of ether oxygens (including phenoxy) is 1. The van der Waals surface area contributed by atoms with Crippen LogP contribution in [-0.2, 0) is 4.79 Å². The van der Waals surface area contributed by atoms with E-state index in [-0.39, 0.29) is 5.91 Å². The molecule has 1 atom stereocenters. The molecule has 0 spiro atoms. The molecule has 2 aliphatic rings. The van der Waals surface area contributed by atoms with E-state index in [9.17, 15) is 4.79 Å². The summed E-state index contributed by atoms with van der Waals surface area (Å²) >= 11 is 0. The van der Waals surface area contributed by atoms with E-state index >= 15 is 0 Å². The predicted octanol–water partition coefficient (Wildman–Crippen LogP) is 2.67. The van der Waals surface area contributed by atoms with Gasteiger partial charge in [0.05, 0.1) is 12.6 Å². The summed E-state index contributed by atoms with van der Waals surface area (Å²) in [5.41, 5.74) is 7.08. The van der Waals surface area contributed by atoms with Gasteiger partial charge >= 0.3 is 0 Å². The van der Waals surface area contributed by atoms with Crippen molar-refractivity contribution in [2.45, 2.75) is 50.0 Å². The van der Waals surface area contributed by atoms with Crippen LogP contribution < -0.4 is 10.5 Å². The lowest BCUT2D eigenvalue weighted by Crippen LogP contribution is -2.55. The molecule has 0 radical (unpaired) electrons. The van der Waals surface area contributed by atoms with Gasteiger partial charge in [-0.25, -0.2) is 0 Å². The Morgan fingerprint density at radius 2 is 1.91 bits per heavy atom. The number of nitrogens with two attached hydrogens (primary N) is 1. The summed E-state index contributed by atoms with van der Waals surface area (Å²) < 4.78 is 5.20. The average Bonchev–Trinajstić information content (AvgIpc) is 3.05. The van der Waals surface area contributed by atoms with Crippen molar-refractivity contribution in [2.75, 3.05) is 20.2 Å². The molecule has 1 saturated heterocycles. The van der Waals surface area contributed by atoms with Crippen molar-refractivity contribution in [2.24, 2.45) is 5.73 Å². The second-order valence-corrected chi connectivity index (χ2v) is 6.73. The first-order valence-corrected chi connectivity index (χ1v) is 8.34. The Kier molecular flexibility index (Phi) is 4.39. The number of methoxy groups -OCH3 is 1. The van der Waals surface area contributed by atoms with E-state index in [0.717, 1.165) is 50.9 Å². The van der Waals surface area contributed by atoms with Gasteiger partial charge in [0.15, 0.2) is 0 Å². The van der Waals surface area contributed by atoms with Gasteiger partial charge in [-0.3, -0.25) is 4.79 Å². The van der Waals surface area contributed by atoms with Gasteiger partial charge in [-0.2, -0.15) is 0 Å². The third-order valence-electron chi connectivity index (χ3n) is 5.23. The molecule has 4 nitrogen and oxygen atoms in total. The minimum absolute atomic E-state index is 0.170. The standard InChI is InChI=1S/C18H26N2O2/c1-22-16-7-5-14(6-8-16)15-9-12-20(13-15)17(21)18(19)10-3-2-4-11-18/h5-8,15H,2-4,9-13,19H2,1H3. The maximum atomic E-state index is 12.8. The molecule has 1 unspecified atom stereocenters. The van der Waals surface area contributed by atoms with Gasteiger partial charge < -0.3 is 15.4 Å². The summed E-state index contributed by atoms with van der Waals surface area (Å²) in [6, 6.07) is 8.20. The second-order valence-electron chi connectivity index (χ2n) is 6.73. The number of hydrogen-bond acceptors (Lipinski definition) is 3. The van der Waals surface area contributed by atoms with Gasteiger partial charge in [0.1, 0.15) is 5.75 Å². The van der Waals surface area contributed by atoms with E-state index in [2.05, 4.69) is 12.1 Å². The van der Waals surface area contributed by atoms with Crippen LogP contribution in [0, 0.1) is 0 Å². The van der Waals surface area contributed by atoms with Crippen LogP contribution in [0.25, 0.3) is 0 Å². The first-order valence-electron chi connectivity index (χ1n) is 8.34. The van der Waals surface area contributed by atoms with E-state index in [1.54, 1.807) is 7.11 Å². The Hall–Kier alpha value is -1.55. The number of likely N-dealkylation sites (tertiary alicyclic amines) is 1. The molecule has 4 heteroatoms. The summed E-state index contributed by atoms with van der Waals surface area (Å²) in [5, 5.41) is 0. The summed E-state index contributed by atoms with van der Waals surface area (Å²) in [6.45, 7) is 1.62. The van der Waals surface area contributed by atoms with Crippen molar-refractivity contribution in [3.63, 3.8) is 0 Å². The molecule has 1 heterocycles. The van der Waals surface area contributed by atoms with Crippen LogP contribution in [0.4, 0.5) is 0 Å². The van der Waals surface area contributed by atoms with E-state index < -0.39 is 5.54 Å². The van der Waals surface area contributed by atoms with Gasteiger partial charge in [0, 0.05) is 19.0 Å². The smallest absolute Gasteiger partial charge is 0.242 e. The minimum Gasteiger partial charge on any atom is -0.497 e. The highest BCUT2D eigenvalue weighted by Gasteiger charge is 2.40. The third kappa shape index (κ3) is 2.98. The highest BCUT2D eigenvalue weighted by atomic mass is 16.5. The van der Waals surface area contributed by atoms with Crippen LogP contribution in [0.2, 0.25) is 0 Å². The lowest BCUT2D eigenvalue weighted by Gasteiger charge is -2.35. The molecular formula is C18H26N2O2. The van der Waals surface area contributed by atoms with Crippen LogP contribution >= 0.6 is 0 Å². The number of nitrogens with zero attached hydrogens (tertiary/aromatic N) is 1. The molecule has 3 rings (SSSR count). The highest BCUT2D eigenvalue weighted by molar-refractivity contribution is 5.86. The Labute approximate surface area is 132 Å². The fraction of sp³-hybridized carbons (Fsp3) is 0.611. The molecule has 22 heavy (non-hydrogen) atoms. The van der Waals surface area contributed by atoms with Crippen molar-refractivity contribution < 1.29 is 9.53 Å². The lowest BCUT2D eigenvalue weighted by atomic mass is 9.81. The Bertz CT molecular complexity index is 520. The average molecular weight is 302 g/mol. The summed E-state index contributed by atoms with van der Waals surface area (Å²) in [5.74, 6) is 1.46. The Morgan fingerprint density at radius 1 is 1.23 bits per heavy atom. The molecule has 1 aliphatic carbocycles. The van der Waals surface area contributed by atoms with Crippen molar-refractivity contribution in [1.29, 1.82) is 0 Å². The maximum absolute atomic E-state index is 12.8. The molecular weight excluding hydrogens is 276 g/mol. The van der Waals surface area contributed by atoms with Gasteiger partial charge in [-0.1, -0.05) is 31.4 Å². The third-order valence-corrected chi connectivity index (χ3v) is 5.23. The summed E-state index contributed by atoms with van der Waals surface area (Å²) in [7, 11) is 1.68. The molecule has 2 fully saturated rings. The Morgan fingerprint density at radius 3 is 2.55 bits per heavy atom. The zero-order valence-electron chi connectivity index (χ0n) is 13.4. The number of amides is 1. The van der Waals surface area contributed by atoms with E-state index in [0.29, 0.717) is 5.92 Å². The first kappa shape index (κ1) is 15.3. The largest absolute Gasteiger partial charge is 0.497 e. The van der Waals surface area contributed by atoms with Crippen molar-refractivity contribution in [1.82, 2.24) is 4.90 Å². The molecule has 1 saturated carbocycles. The van der Waals surface area contributed by atoms with Gasteiger partial charge in [-0.15, -0.1) is 0 Å². The minimum atomic E-state index is -0.604. The van der Waals surface area contributed by atoms with E-state index in [1.165, 1.54) is 12.0 Å². The normalized spacial score (nSPS) is 24.3. The predicted molar refractivity (Wildman–Crippen MR) is 86.9 cm³/mol. The number of hydrogen-bond donors (Lipinski definition) is 1. The SMILES string of the molecule is COc1ccc(C2CCN(C(=O)C3(N)CCCCC3)C2)cc1. The summed E-state index contributed by atoms with van der Waals surface area (Å²) in [6.07, 6.45) is 6.08. The van der Waals surface area contributed by atoms with Crippen LogP contribution in [0.15, 0.2) is 24.3 Å². The molecule has 0 bridgehead atoms. The fourth-order valence-corrected chi connectivity index (χ4v) is 3.80. The zero-order chi connectivity index (χ0) is 15.6. The molecule has 1 aromatic carbocycles. The molecule has 1 aromatic rings. The molecule has 1 amide bonds. The maximum Gasteiger partial charge on any atom is 0.242 e. The number of benzene rings is 1. The molecule has 2 N–H and O–H groups in total. The highest BCUT2D eigenvalue weighted by Crippen LogP contribution is 2.33. The van der Waals surface area contributed by atoms with Crippen LogP contribution in [-0.4, -0.2) is 36.5 Å². The fourth-order valence-electron chi connectivity index (χ4n) is 3.80. The molecule has 1 aliphatic heterocycles. The van der Waals surface area contributed by atoms with Gasteiger partial charge in [0.2, 0.25) is 5.91 Å². The lowest BCUT2D eigenvalue weighted by molar-refractivity contribution is -0.137. The van der Waals surface area contributed by atoms with E-state index in [4.69, 9.17) is 10.5 Å². The van der Waals surface area contributed by atoms with Gasteiger partial charge in [-0.05, 0) is 37.0 Å². The number of carbonyl (C=O) groups excluding carboxylic acids is 1. The zero-order valence-corrected chi connectivity index (χ0v) is 13.4. The van der Waals surface area contributed by atoms with Crippen molar-refractivity contribution in [3.05, 3.63) is 29.8 Å². The summed E-state index contributed by atoms with van der Waals surface area (Å²) in [4.78, 5) is 14.8. The first-order chi connectivity index (χ1) is 10.6.